The van der Waals surface area contributed by atoms with Crippen LogP contribution in [0.1, 0.15) is 36.2 Å². The monoisotopic (exact) mass is 308 g/mol. The summed E-state index contributed by atoms with van der Waals surface area (Å²) in [6.07, 6.45) is 0. The molecule has 1 aliphatic rings. The lowest BCUT2D eigenvalue weighted by molar-refractivity contribution is 0.102. The zero-order valence-corrected chi connectivity index (χ0v) is 12.9. The summed E-state index contributed by atoms with van der Waals surface area (Å²) in [4.78, 5) is 12.8. The molecule has 21 heavy (non-hydrogen) atoms. The minimum absolute atomic E-state index is 0.158. The van der Waals surface area contributed by atoms with Crippen molar-refractivity contribution >= 4 is 23.1 Å². The number of carbonyl (C=O) groups is 1. The Morgan fingerprint density at radius 1 is 1.33 bits per heavy atom. The van der Waals surface area contributed by atoms with Gasteiger partial charge in [0.25, 0.3) is 5.91 Å². The molecule has 6 nitrogen and oxygen atoms in total. The predicted molar refractivity (Wildman–Crippen MR) is 78.5 cm³/mol. The lowest BCUT2D eigenvalue weighted by atomic mass is 9.93. The van der Waals surface area contributed by atoms with Crippen LogP contribution in [0.25, 0.3) is 0 Å². The Kier molecular flexibility index (Phi) is 3.36. The molecule has 3 heterocycles. The second kappa shape index (κ2) is 5.07. The highest BCUT2D eigenvalue weighted by Crippen LogP contribution is 2.39. The van der Waals surface area contributed by atoms with Crippen LogP contribution in [-0.4, -0.2) is 24.3 Å². The van der Waals surface area contributed by atoms with Crippen molar-refractivity contribution in [2.75, 3.05) is 18.5 Å². The molecule has 0 aromatic carbocycles. The lowest BCUT2D eigenvalue weighted by Gasteiger charge is -2.15. The van der Waals surface area contributed by atoms with Crippen LogP contribution in [0.5, 0.6) is 11.5 Å². The van der Waals surface area contributed by atoms with E-state index in [-0.39, 0.29) is 11.3 Å². The van der Waals surface area contributed by atoms with E-state index in [2.05, 4.69) is 10.5 Å². The molecule has 0 saturated carbocycles. The van der Waals surface area contributed by atoms with E-state index in [4.69, 9.17) is 14.0 Å². The van der Waals surface area contributed by atoms with Crippen molar-refractivity contribution in [3.8, 4) is 11.5 Å². The van der Waals surface area contributed by atoms with E-state index in [1.165, 1.54) is 11.3 Å². The maximum atomic E-state index is 12.3. The normalized spacial score (nSPS) is 14.0. The number of carbonyl (C=O) groups excluding carboxylic acids is 1. The molecule has 0 radical (unpaired) electrons. The van der Waals surface area contributed by atoms with Crippen molar-refractivity contribution < 1.29 is 18.8 Å². The molecule has 2 aromatic heterocycles. The van der Waals surface area contributed by atoms with E-state index in [0.29, 0.717) is 41.2 Å². The standard InChI is InChI=1S/C14H16N2O4S/c1-14(2,3)9-6-10(16-20-9)15-13(17)12-11-8(7-21-12)18-4-5-19-11/h6-7H,4-5H2,1-3H3,(H,15,16,17). The summed E-state index contributed by atoms with van der Waals surface area (Å²) in [5.41, 5.74) is -0.158. The van der Waals surface area contributed by atoms with E-state index >= 15 is 0 Å². The Morgan fingerprint density at radius 2 is 2.10 bits per heavy atom. The Balaban J connectivity index is 1.78. The quantitative estimate of drug-likeness (QED) is 0.923. The van der Waals surface area contributed by atoms with Crippen LogP contribution in [0.4, 0.5) is 5.82 Å². The molecular weight excluding hydrogens is 292 g/mol. The van der Waals surface area contributed by atoms with Gasteiger partial charge in [0.15, 0.2) is 17.3 Å². The number of nitrogens with zero attached hydrogens (tertiary/aromatic N) is 1. The van der Waals surface area contributed by atoms with Gasteiger partial charge in [0.2, 0.25) is 0 Å². The number of fused-ring (bicyclic) bond motifs is 1. The Bertz CT molecular complexity index is 669. The topological polar surface area (TPSA) is 73.6 Å². The average molecular weight is 308 g/mol. The largest absolute Gasteiger partial charge is 0.485 e. The summed E-state index contributed by atoms with van der Waals surface area (Å²) >= 11 is 1.28. The van der Waals surface area contributed by atoms with Crippen LogP contribution in [0, 0.1) is 0 Å². The van der Waals surface area contributed by atoms with Crippen molar-refractivity contribution in [2.24, 2.45) is 0 Å². The van der Waals surface area contributed by atoms with Gasteiger partial charge in [0.05, 0.1) is 0 Å². The van der Waals surface area contributed by atoms with Gasteiger partial charge < -0.3 is 19.3 Å². The highest BCUT2D eigenvalue weighted by atomic mass is 32.1. The van der Waals surface area contributed by atoms with Crippen molar-refractivity contribution in [3.05, 3.63) is 22.1 Å². The van der Waals surface area contributed by atoms with Crippen molar-refractivity contribution in [3.63, 3.8) is 0 Å². The van der Waals surface area contributed by atoms with Gasteiger partial charge in [-0.25, -0.2) is 0 Å². The van der Waals surface area contributed by atoms with Gasteiger partial charge in [-0.1, -0.05) is 25.9 Å². The van der Waals surface area contributed by atoms with Crippen LogP contribution < -0.4 is 14.8 Å². The van der Waals surface area contributed by atoms with Crippen LogP contribution in [0.2, 0.25) is 0 Å². The van der Waals surface area contributed by atoms with Crippen molar-refractivity contribution in [1.29, 1.82) is 0 Å². The molecule has 0 fully saturated rings. The van der Waals surface area contributed by atoms with Crippen molar-refractivity contribution in [1.82, 2.24) is 5.16 Å². The summed E-state index contributed by atoms with van der Waals surface area (Å²) < 4.78 is 16.2. The van der Waals surface area contributed by atoms with Crippen molar-refractivity contribution in [2.45, 2.75) is 26.2 Å². The highest BCUT2D eigenvalue weighted by molar-refractivity contribution is 7.13. The fourth-order valence-corrected chi connectivity index (χ4v) is 2.70. The molecule has 0 unspecified atom stereocenters. The fourth-order valence-electron chi connectivity index (χ4n) is 1.88. The Labute approximate surface area is 126 Å². The van der Waals surface area contributed by atoms with Crippen LogP contribution in [0.15, 0.2) is 16.0 Å². The zero-order chi connectivity index (χ0) is 15.0. The fraction of sp³-hybridized carbons (Fsp3) is 0.429. The zero-order valence-electron chi connectivity index (χ0n) is 12.1. The smallest absolute Gasteiger partial charge is 0.270 e. The number of aromatic nitrogens is 1. The third kappa shape index (κ3) is 2.73. The van der Waals surface area contributed by atoms with E-state index in [0.717, 1.165) is 0 Å². The molecule has 1 aliphatic heterocycles. The Morgan fingerprint density at radius 3 is 2.81 bits per heavy atom. The molecule has 2 aromatic rings. The number of nitrogens with one attached hydrogen (secondary N) is 1. The Hall–Kier alpha value is -2.02. The van der Waals surface area contributed by atoms with Crippen LogP contribution >= 0.6 is 11.3 Å². The molecular formula is C14H16N2O4S. The summed E-state index contributed by atoms with van der Waals surface area (Å²) in [7, 11) is 0. The highest BCUT2D eigenvalue weighted by Gasteiger charge is 2.25. The van der Waals surface area contributed by atoms with Gasteiger partial charge >= 0.3 is 0 Å². The van der Waals surface area contributed by atoms with E-state index in [1.807, 2.05) is 20.8 Å². The predicted octanol–water partition coefficient (Wildman–Crippen LogP) is 3.06. The third-order valence-electron chi connectivity index (χ3n) is 3.00. The average Bonchev–Trinajstić information content (AvgIpc) is 3.03. The first-order chi connectivity index (χ1) is 9.95. The van der Waals surface area contributed by atoms with Gasteiger partial charge in [0.1, 0.15) is 23.9 Å². The first kappa shape index (κ1) is 13.9. The summed E-state index contributed by atoms with van der Waals surface area (Å²) in [6, 6.07) is 1.73. The minimum Gasteiger partial charge on any atom is -0.485 e. The van der Waals surface area contributed by atoms with Gasteiger partial charge in [-0.3, -0.25) is 4.79 Å². The van der Waals surface area contributed by atoms with E-state index < -0.39 is 0 Å². The number of hydrogen-bond acceptors (Lipinski definition) is 6. The number of amides is 1. The summed E-state index contributed by atoms with van der Waals surface area (Å²) in [6.45, 7) is 6.99. The molecule has 3 rings (SSSR count). The van der Waals surface area contributed by atoms with Gasteiger partial charge in [-0.15, -0.1) is 11.3 Å². The minimum atomic E-state index is -0.277. The number of hydrogen-bond donors (Lipinski definition) is 1. The second-order valence-corrected chi connectivity index (χ2v) is 6.62. The molecule has 0 bridgehead atoms. The first-order valence-electron chi connectivity index (χ1n) is 6.61. The molecule has 1 N–H and O–H groups in total. The molecule has 0 aliphatic carbocycles. The van der Waals surface area contributed by atoms with Gasteiger partial charge in [-0.05, 0) is 0 Å². The number of thiophene rings is 1. The third-order valence-corrected chi connectivity index (χ3v) is 3.94. The molecule has 7 heteroatoms. The molecule has 0 saturated heterocycles. The van der Waals surface area contributed by atoms with Crippen LogP contribution in [0.3, 0.4) is 0 Å². The second-order valence-electron chi connectivity index (χ2n) is 5.74. The maximum absolute atomic E-state index is 12.3. The van der Waals surface area contributed by atoms with E-state index in [9.17, 15) is 4.79 Å². The van der Waals surface area contributed by atoms with Gasteiger partial charge in [-0.2, -0.15) is 0 Å². The summed E-state index contributed by atoms with van der Waals surface area (Å²) in [5, 5.41) is 8.36. The lowest BCUT2D eigenvalue weighted by Crippen LogP contribution is -2.17. The summed E-state index contributed by atoms with van der Waals surface area (Å²) in [5.74, 6) is 1.95. The van der Waals surface area contributed by atoms with Crippen LogP contribution in [-0.2, 0) is 5.41 Å². The molecule has 0 spiro atoms. The number of ether oxygens (including phenoxy) is 2. The number of rotatable bonds is 2. The molecule has 0 atom stereocenters. The number of anilines is 1. The maximum Gasteiger partial charge on any atom is 0.270 e. The van der Waals surface area contributed by atoms with E-state index in [1.54, 1.807) is 11.4 Å². The SMILES string of the molecule is CC(C)(C)c1cc(NC(=O)c2scc3c2OCCO3)no1. The first-order valence-corrected chi connectivity index (χ1v) is 7.49. The molecule has 1 amide bonds. The molecule has 112 valence electrons. The van der Waals surface area contributed by atoms with Gasteiger partial charge in [0, 0.05) is 16.9 Å².